The summed E-state index contributed by atoms with van der Waals surface area (Å²) in [6.07, 6.45) is 5.94. The number of aromatic nitrogens is 2. The van der Waals surface area contributed by atoms with E-state index in [1.807, 2.05) is 0 Å². The quantitative estimate of drug-likeness (QED) is 0.911. The van der Waals surface area contributed by atoms with Crippen molar-refractivity contribution in [2.45, 2.75) is 44.6 Å². The average molecular weight is 302 g/mol. The number of carbonyl (C=O) groups is 1. The van der Waals surface area contributed by atoms with Crippen LogP contribution in [-0.4, -0.2) is 21.2 Å². The van der Waals surface area contributed by atoms with E-state index < -0.39 is 5.97 Å². The summed E-state index contributed by atoms with van der Waals surface area (Å²) in [6, 6.07) is 6.24. The lowest BCUT2D eigenvalue weighted by molar-refractivity contribution is 0.0697. The van der Waals surface area contributed by atoms with E-state index in [1.54, 1.807) is 12.1 Å². The first-order chi connectivity index (χ1) is 10.7. The number of carboxylic acid groups (broad SMARTS) is 1. The molecule has 0 spiro atoms. The molecule has 0 amide bonds. The molecule has 6 nitrogen and oxygen atoms in total. The van der Waals surface area contributed by atoms with Crippen molar-refractivity contribution in [1.82, 2.24) is 10.1 Å². The predicted molar refractivity (Wildman–Crippen MR) is 77.9 cm³/mol. The fourth-order valence-electron chi connectivity index (χ4n) is 2.68. The average Bonchev–Trinajstić information content (AvgIpc) is 3.03. The molecule has 22 heavy (non-hydrogen) atoms. The summed E-state index contributed by atoms with van der Waals surface area (Å²) in [5.74, 6) is 1.23. The molecule has 2 aromatic rings. The second-order valence-corrected chi connectivity index (χ2v) is 5.50. The monoisotopic (exact) mass is 302 g/mol. The van der Waals surface area contributed by atoms with Crippen molar-refractivity contribution in [1.29, 1.82) is 0 Å². The molecule has 1 aliphatic rings. The van der Waals surface area contributed by atoms with Gasteiger partial charge in [-0.3, -0.25) is 0 Å². The molecule has 3 rings (SSSR count). The highest BCUT2D eigenvalue weighted by molar-refractivity contribution is 5.87. The second-order valence-electron chi connectivity index (χ2n) is 5.50. The van der Waals surface area contributed by atoms with E-state index >= 15 is 0 Å². The van der Waals surface area contributed by atoms with Crippen molar-refractivity contribution < 1.29 is 19.2 Å². The number of nitrogens with zero attached hydrogens (tertiary/aromatic N) is 2. The van der Waals surface area contributed by atoms with Gasteiger partial charge in [0.2, 0.25) is 11.7 Å². The molecule has 0 atom stereocenters. The lowest BCUT2D eigenvalue weighted by atomic mass is 9.89. The number of hydrogen-bond donors (Lipinski definition) is 1. The van der Waals surface area contributed by atoms with E-state index in [9.17, 15) is 4.79 Å². The number of benzene rings is 1. The zero-order valence-electron chi connectivity index (χ0n) is 12.2. The zero-order chi connectivity index (χ0) is 15.4. The Balaban J connectivity index is 1.57. The summed E-state index contributed by atoms with van der Waals surface area (Å²) in [5.41, 5.74) is 0.228. The Labute approximate surface area is 128 Å². The molecule has 0 bridgehead atoms. The molecule has 116 valence electrons. The number of ether oxygens (including phenoxy) is 1. The van der Waals surface area contributed by atoms with Crippen molar-refractivity contribution >= 4 is 5.97 Å². The van der Waals surface area contributed by atoms with E-state index in [4.69, 9.17) is 14.4 Å². The maximum absolute atomic E-state index is 10.8. The molecular weight excluding hydrogens is 284 g/mol. The van der Waals surface area contributed by atoms with Crippen LogP contribution in [-0.2, 0) is 6.61 Å². The zero-order valence-corrected chi connectivity index (χ0v) is 12.2. The normalized spacial score (nSPS) is 15.6. The molecule has 1 saturated carbocycles. The maximum atomic E-state index is 10.8. The fourth-order valence-corrected chi connectivity index (χ4v) is 2.68. The smallest absolute Gasteiger partial charge is 0.335 e. The van der Waals surface area contributed by atoms with Gasteiger partial charge in [-0.15, -0.1) is 0 Å². The third kappa shape index (κ3) is 3.44. The first-order valence-corrected chi connectivity index (χ1v) is 7.51. The van der Waals surface area contributed by atoms with Crippen LogP contribution in [0.2, 0.25) is 0 Å². The van der Waals surface area contributed by atoms with Crippen LogP contribution in [0, 0.1) is 0 Å². The Bertz CT molecular complexity index is 630. The van der Waals surface area contributed by atoms with Crippen molar-refractivity contribution in [2.75, 3.05) is 0 Å². The first kappa shape index (κ1) is 14.6. The third-order valence-corrected chi connectivity index (χ3v) is 3.91. The number of hydrogen-bond acceptors (Lipinski definition) is 5. The van der Waals surface area contributed by atoms with Crippen LogP contribution in [0.15, 0.2) is 28.8 Å². The van der Waals surface area contributed by atoms with Crippen molar-refractivity contribution in [2.24, 2.45) is 0 Å². The van der Waals surface area contributed by atoms with Gasteiger partial charge < -0.3 is 14.4 Å². The van der Waals surface area contributed by atoms with Gasteiger partial charge in [-0.05, 0) is 37.1 Å². The van der Waals surface area contributed by atoms with Crippen LogP contribution in [0.1, 0.15) is 60.1 Å². The Morgan fingerprint density at radius 1 is 1.23 bits per heavy atom. The molecule has 1 fully saturated rings. The van der Waals surface area contributed by atoms with Crippen molar-refractivity contribution in [3.63, 3.8) is 0 Å². The molecule has 0 unspecified atom stereocenters. The Kier molecular flexibility index (Phi) is 4.37. The van der Waals surface area contributed by atoms with E-state index in [-0.39, 0.29) is 12.2 Å². The van der Waals surface area contributed by atoms with Gasteiger partial charge in [-0.25, -0.2) is 4.79 Å². The SMILES string of the molecule is O=C(O)c1ccc(OCc2noc(C3CCCCC3)n2)cc1. The molecule has 1 heterocycles. The minimum absolute atomic E-state index is 0.211. The van der Waals surface area contributed by atoms with Gasteiger partial charge in [-0.2, -0.15) is 4.98 Å². The number of carboxylic acids is 1. The van der Waals surface area contributed by atoms with Crippen LogP contribution in [0.5, 0.6) is 5.75 Å². The summed E-state index contributed by atoms with van der Waals surface area (Å²) in [7, 11) is 0. The molecule has 1 aliphatic carbocycles. The minimum atomic E-state index is -0.957. The highest BCUT2D eigenvalue weighted by Gasteiger charge is 2.21. The molecule has 0 saturated heterocycles. The van der Waals surface area contributed by atoms with Crippen LogP contribution in [0.25, 0.3) is 0 Å². The summed E-state index contributed by atoms with van der Waals surface area (Å²) in [6.45, 7) is 0.211. The van der Waals surface area contributed by atoms with Gasteiger partial charge in [-0.1, -0.05) is 24.4 Å². The van der Waals surface area contributed by atoms with E-state index in [1.165, 1.54) is 31.4 Å². The molecule has 1 aromatic heterocycles. The van der Waals surface area contributed by atoms with Gasteiger partial charge in [0.1, 0.15) is 5.75 Å². The lowest BCUT2D eigenvalue weighted by Crippen LogP contribution is -2.05. The predicted octanol–water partition coefficient (Wildman–Crippen LogP) is 3.39. The van der Waals surface area contributed by atoms with Gasteiger partial charge in [0.25, 0.3) is 0 Å². The topological polar surface area (TPSA) is 85.5 Å². The Morgan fingerprint density at radius 3 is 2.64 bits per heavy atom. The second kappa shape index (κ2) is 6.60. The molecule has 6 heteroatoms. The highest BCUT2D eigenvalue weighted by atomic mass is 16.5. The Morgan fingerprint density at radius 2 is 1.95 bits per heavy atom. The van der Waals surface area contributed by atoms with Gasteiger partial charge in [0.15, 0.2) is 6.61 Å². The maximum Gasteiger partial charge on any atom is 0.335 e. The lowest BCUT2D eigenvalue weighted by Gasteiger charge is -2.17. The van der Waals surface area contributed by atoms with Gasteiger partial charge >= 0.3 is 5.97 Å². The molecule has 0 aliphatic heterocycles. The van der Waals surface area contributed by atoms with Crippen LogP contribution >= 0.6 is 0 Å². The molecule has 0 radical (unpaired) electrons. The molecule has 1 aromatic carbocycles. The van der Waals surface area contributed by atoms with Crippen molar-refractivity contribution in [3.05, 3.63) is 41.5 Å². The minimum Gasteiger partial charge on any atom is -0.485 e. The van der Waals surface area contributed by atoms with Crippen LogP contribution in [0.4, 0.5) is 0 Å². The molecular formula is C16H18N2O4. The summed E-state index contributed by atoms with van der Waals surface area (Å²) in [4.78, 5) is 15.2. The Hall–Kier alpha value is -2.37. The van der Waals surface area contributed by atoms with E-state index in [2.05, 4.69) is 10.1 Å². The van der Waals surface area contributed by atoms with Crippen molar-refractivity contribution in [3.8, 4) is 5.75 Å². The fraction of sp³-hybridized carbons (Fsp3) is 0.438. The van der Waals surface area contributed by atoms with Gasteiger partial charge in [0.05, 0.1) is 5.56 Å². The summed E-state index contributed by atoms with van der Waals surface area (Å²) >= 11 is 0. The third-order valence-electron chi connectivity index (χ3n) is 3.91. The van der Waals surface area contributed by atoms with Crippen LogP contribution in [0.3, 0.4) is 0 Å². The van der Waals surface area contributed by atoms with Gasteiger partial charge in [0, 0.05) is 5.92 Å². The standard InChI is InChI=1S/C16H18N2O4/c19-16(20)12-6-8-13(9-7-12)21-10-14-17-15(22-18-14)11-4-2-1-3-5-11/h6-9,11H,1-5,10H2,(H,19,20). The highest BCUT2D eigenvalue weighted by Crippen LogP contribution is 2.31. The molecule has 1 N–H and O–H groups in total. The summed E-state index contributed by atoms with van der Waals surface area (Å²) in [5, 5.41) is 12.8. The first-order valence-electron chi connectivity index (χ1n) is 7.51. The number of aromatic carboxylic acids is 1. The largest absolute Gasteiger partial charge is 0.485 e. The number of rotatable bonds is 5. The van der Waals surface area contributed by atoms with E-state index in [0.29, 0.717) is 23.4 Å². The van der Waals surface area contributed by atoms with E-state index in [0.717, 1.165) is 12.8 Å². The van der Waals surface area contributed by atoms with Crippen LogP contribution < -0.4 is 4.74 Å². The summed E-state index contributed by atoms with van der Waals surface area (Å²) < 4.78 is 10.9.